The first-order chi connectivity index (χ1) is 8.66. The van der Waals surface area contributed by atoms with E-state index in [0.29, 0.717) is 12.4 Å². The van der Waals surface area contributed by atoms with Crippen LogP contribution >= 0.6 is 0 Å². The number of nitrogens with one attached hydrogen (secondary N) is 2. The molecule has 2 rings (SSSR count). The van der Waals surface area contributed by atoms with Crippen LogP contribution in [0.2, 0.25) is 0 Å². The number of nitrogens with zero attached hydrogens (tertiary/aromatic N) is 3. The number of rotatable bonds is 4. The van der Waals surface area contributed by atoms with Crippen molar-refractivity contribution in [2.24, 2.45) is 0 Å². The maximum Gasteiger partial charge on any atom is 0.252 e. The van der Waals surface area contributed by atoms with E-state index < -0.39 is 0 Å². The van der Waals surface area contributed by atoms with E-state index in [1.807, 2.05) is 38.4 Å². The second kappa shape index (κ2) is 5.42. The fraction of sp³-hybridized carbons (Fsp3) is 0.250. The number of carbonyl (C=O) groups excluding carboxylic acids is 1. The van der Waals surface area contributed by atoms with E-state index >= 15 is 0 Å². The molecule has 18 heavy (non-hydrogen) atoms. The van der Waals surface area contributed by atoms with Crippen LogP contribution in [0.5, 0.6) is 0 Å². The van der Waals surface area contributed by atoms with Gasteiger partial charge in [-0.15, -0.1) is 0 Å². The molecule has 6 nitrogen and oxygen atoms in total. The topological polar surface area (TPSA) is 70.2 Å². The minimum Gasteiger partial charge on any atom is -0.301 e. The third kappa shape index (κ3) is 2.92. The molecule has 1 aromatic carbocycles. The Balaban J connectivity index is 2.10. The first kappa shape index (κ1) is 12.3. The van der Waals surface area contributed by atoms with Crippen LogP contribution in [0.3, 0.4) is 0 Å². The summed E-state index contributed by atoms with van der Waals surface area (Å²) in [6, 6.07) is 7.60. The molecule has 1 aromatic heterocycles. The third-order valence-corrected chi connectivity index (χ3v) is 2.32. The van der Waals surface area contributed by atoms with E-state index in [2.05, 4.69) is 20.8 Å². The van der Waals surface area contributed by atoms with E-state index in [0.717, 1.165) is 10.9 Å². The highest BCUT2D eigenvalue weighted by atomic mass is 16.2. The molecule has 2 aromatic rings. The third-order valence-electron chi connectivity index (χ3n) is 2.32. The smallest absolute Gasteiger partial charge is 0.252 e. The number of aromatic nitrogens is 2. The Morgan fingerprint density at radius 2 is 2.06 bits per heavy atom. The van der Waals surface area contributed by atoms with E-state index in [9.17, 15) is 4.79 Å². The number of likely N-dealkylation sites (N-methyl/N-ethyl adjacent to an activating group) is 1. The molecule has 0 atom stereocenters. The van der Waals surface area contributed by atoms with Gasteiger partial charge >= 0.3 is 0 Å². The molecular formula is C12H15N5O. The van der Waals surface area contributed by atoms with Crippen LogP contribution in [-0.2, 0) is 4.79 Å². The van der Waals surface area contributed by atoms with Gasteiger partial charge in [0.1, 0.15) is 6.33 Å². The molecule has 0 aliphatic heterocycles. The molecule has 6 heteroatoms. The fourth-order valence-electron chi connectivity index (χ4n) is 1.56. The lowest BCUT2D eigenvalue weighted by Gasteiger charge is -2.12. The molecule has 0 saturated heterocycles. The summed E-state index contributed by atoms with van der Waals surface area (Å²) < 4.78 is 0. The highest BCUT2D eigenvalue weighted by Crippen LogP contribution is 2.17. The highest BCUT2D eigenvalue weighted by Gasteiger charge is 2.05. The molecule has 0 spiro atoms. The number of hydrogen-bond donors (Lipinski definition) is 2. The number of hydrogen-bond acceptors (Lipinski definition) is 5. The fourth-order valence-corrected chi connectivity index (χ4v) is 1.56. The number of anilines is 1. The number of benzene rings is 1. The van der Waals surface area contributed by atoms with Gasteiger partial charge in [0.05, 0.1) is 12.1 Å². The van der Waals surface area contributed by atoms with Gasteiger partial charge in [0, 0.05) is 5.39 Å². The molecule has 0 saturated carbocycles. The number of amides is 1. The lowest BCUT2D eigenvalue weighted by molar-refractivity contribution is -0.121. The van der Waals surface area contributed by atoms with Crippen LogP contribution in [-0.4, -0.2) is 41.4 Å². The van der Waals surface area contributed by atoms with Crippen molar-refractivity contribution in [3.05, 3.63) is 30.6 Å². The lowest BCUT2D eigenvalue weighted by Crippen LogP contribution is -2.37. The summed E-state index contributed by atoms with van der Waals surface area (Å²) in [7, 11) is 3.67. The number of carbonyl (C=O) groups is 1. The Labute approximate surface area is 105 Å². The van der Waals surface area contributed by atoms with Gasteiger partial charge in [0.25, 0.3) is 5.91 Å². The monoisotopic (exact) mass is 245 g/mol. The predicted molar refractivity (Wildman–Crippen MR) is 69.9 cm³/mol. The largest absolute Gasteiger partial charge is 0.301 e. The van der Waals surface area contributed by atoms with Gasteiger partial charge < -0.3 is 4.90 Å². The van der Waals surface area contributed by atoms with Crippen LogP contribution in [0.4, 0.5) is 5.82 Å². The lowest BCUT2D eigenvalue weighted by atomic mass is 10.2. The summed E-state index contributed by atoms with van der Waals surface area (Å²) in [4.78, 5) is 21.5. The zero-order valence-electron chi connectivity index (χ0n) is 10.3. The van der Waals surface area contributed by atoms with E-state index in [1.54, 1.807) is 4.90 Å². The average molecular weight is 245 g/mol. The van der Waals surface area contributed by atoms with Crippen molar-refractivity contribution >= 4 is 22.6 Å². The van der Waals surface area contributed by atoms with Gasteiger partial charge in [-0.2, -0.15) is 0 Å². The summed E-state index contributed by atoms with van der Waals surface area (Å²) in [5.74, 6) is 0.468. The first-order valence-corrected chi connectivity index (χ1v) is 5.56. The van der Waals surface area contributed by atoms with Gasteiger partial charge in [-0.25, -0.2) is 9.97 Å². The number of hydrazine groups is 1. The molecule has 2 N–H and O–H groups in total. The molecule has 0 fully saturated rings. The Bertz CT molecular complexity index is 550. The summed E-state index contributed by atoms with van der Waals surface area (Å²) in [5, 5.41) is 0.866. The van der Waals surface area contributed by atoms with Gasteiger partial charge in [0.15, 0.2) is 5.82 Å². The molecule has 0 unspecified atom stereocenters. The van der Waals surface area contributed by atoms with Gasteiger partial charge in [-0.3, -0.25) is 15.6 Å². The van der Waals surface area contributed by atoms with Gasteiger partial charge in [-0.05, 0) is 26.2 Å². The molecule has 1 amide bonds. The predicted octanol–water partition coefficient (Wildman–Crippen LogP) is 0.634. The molecule has 0 aliphatic rings. The van der Waals surface area contributed by atoms with Crippen molar-refractivity contribution in [2.45, 2.75) is 0 Å². The normalized spacial score (nSPS) is 10.6. The van der Waals surface area contributed by atoms with Crippen molar-refractivity contribution in [1.29, 1.82) is 0 Å². The SMILES string of the molecule is CN(C)CC(=O)NNc1ncnc2ccccc12. The highest BCUT2D eigenvalue weighted by molar-refractivity contribution is 5.89. The summed E-state index contributed by atoms with van der Waals surface area (Å²) >= 11 is 0. The second-order valence-corrected chi connectivity index (χ2v) is 4.15. The summed E-state index contributed by atoms with van der Waals surface area (Å²) in [5.41, 5.74) is 6.25. The van der Waals surface area contributed by atoms with Crippen molar-refractivity contribution in [3.8, 4) is 0 Å². The molecular weight excluding hydrogens is 230 g/mol. The quantitative estimate of drug-likeness (QED) is 0.773. The minimum atomic E-state index is -0.123. The number of fused-ring (bicyclic) bond motifs is 1. The zero-order valence-corrected chi connectivity index (χ0v) is 10.3. The Morgan fingerprint density at radius 3 is 2.83 bits per heavy atom. The Kier molecular flexibility index (Phi) is 3.69. The molecule has 0 radical (unpaired) electrons. The Morgan fingerprint density at radius 1 is 1.28 bits per heavy atom. The molecule has 0 bridgehead atoms. The zero-order chi connectivity index (χ0) is 13.0. The average Bonchev–Trinajstić information content (AvgIpc) is 2.35. The summed E-state index contributed by atoms with van der Waals surface area (Å²) in [6.07, 6.45) is 1.46. The van der Waals surface area contributed by atoms with Crippen LogP contribution < -0.4 is 10.9 Å². The summed E-state index contributed by atoms with van der Waals surface area (Å²) in [6.45, 7) is 0.315. The Hall–Kier alpha value is -2.21. The standard InChI is InChI=1S/C12H15N5O/c1-17(2)7-11(18)15-16-12-9-5-3-4-6-10(9)13-8-14-12/h3-6,8H,7H2,1-2H3,(H,15,18)(H,13,14,16). The van der Waals surface area contributed by atoms with Crippen LogP contribution in [0.1, 0.15) is 0 Å². The molecule has 94 valence electrons. The van der Waals surface area contributed by atoms with Crippen molar-refractivity contribution < 1.29 is 4.79 Å². The van der Waals surface area contributed by atoms with E-state index in [-0.39, 0.29) is 5.91 Å². The molecule has 0 aliphatic carbocycles. The number of para-hydroxylation sites is 1. The van der Waals surface area contributed by atoms with Crippen LogP contribution in [0, 0.1) is 0 Å². The van der Waals surface area contributed by atoms with Crippen molar-refractivity contribution in [1.82, 2.24) is 20.3 Å². The minimum absolute atomic E-state index is 0.123. The van der Waals surface area contributed by atoms with E-state index in [4.69, 9.17) is 0 Å². The van der Waals surface area contributed by atoms with Crippen LogP contribution in [0.15, 0.2) is 30.6 Å². The van der Waals surface area contributed by atoms with Crippen molar-refractivity contribution in [3.63, 3.8) is 0 Å². The van der Waals surface area contributed by atoms with E-state index in [1.165, 1.54) is 6.33 Å². The first-order valence-electron chi connectivity index (χ1n) is 5.56. The van der Waals surface area contributed by atoms with Crippen LogP contribution in [0.25, 0.3) is 10.9 Å². The second-order valence-electron chi connectivity index (χ2n) is 4.15. The van der Waals surface area contributed by atoms with Gasteiger partial charge in [-0.1, -0.05) is 12.1 Å². The maximum absolute atomic E-state index is 11.5. The molecule has 1 heterocycles. The maximum atomic E-state index is 11.5. The van der Waals surface area contributed by atoms with Gasteiger partial charge in [0.2, 0.25) is 0 Å². The van der Waals surface area contributed by atoms with Crippen molar-refractivity contribution in [2.75, 3.05) is 26.1 Å².